The van der Waals surface area contributed by atoms with Gasteiger partial charge in [-0.3, -0.25) is 4.79 Å². The zero-order valence-corrected chi connectivity index (χ0v) is 12.6. The molecule has 0 aliphatic rings. The highest BCUT2D eigenvalue weighted by Gasteiger charge is 2.19. The average Bonchev–Trinajstić information content (AvgIpc) is 2.88. The third-order valence-corrected chi connectivity index (χ3v) is 4.00. The number of oxazole rings is 1. The van der Waals surface area contributed by atoms with Gasteiger partial charge in [-0.05, 0) is 29.0 Å². The SMILES string of the molecule is O=C(c1cccc2ccccc12)n1c(=O)oc2cc(Cl)ccc21. The standard InChI is InChI=1S/C18H10ClNO3/c19-12-8-9-15-16(10-12)23-18(22)20(15)17(21)14-7-3-5-11-4-1-2-6-13(11)14/h1-10H. The molecule has 0 unspecified atom stereocenters. The number of nitrogens with zero attached hydrogens (tertiary/aromatic N) is 1. The highest BCUT2D eigenvalue weighted by Crippen LogP contribution is 2.22. The van der Waals surface area contributed by atoms with Crippen LogP contribution in [0.15, 0.2) is 69.9 Å². The van der Waals surface area contributed by atoms with Crippen molar-refractivity contribution in [2.75, 3.05) is 0 Å². The minimum absolute atomic E-state index is 0.288. The Balaban J connectivity index is 1.99. The van der Waals surface area contributed by atoms with Gasteiger partial charge in [0.15, 0.2) is 5.58 Å². The van der Waals surface area contributed by atoms with Gasteiger partial charge in [-0.1, -0.05) is 48.0 Å². The smallest absolute Gasteiger partial charge is 0.407 e. The van der Waals surface area contributed by atoms with Crippen LogP contribution in [0.5, 0.6) is 0 Å². The average molecular weight is 324 g/mol. The fourth-order valence-corrected chi connectivity index (χ4v) is 2.88. The van der Waals surface area contributed by atoms with Gasteiger partial charge in [0.2, 0.25) is 0 Å². The number of rotatable bonds is 1. The fraction of sp³-hybridized carbons (Fsp3) is 0. The third-order valence-electron chi connectivity index (χ3n) is 3.77. The second-order valence-electron chi connectivity index (χ2n) is 5.15. The van der Waals surface area contributed by atoms with Gasteiger partial charge in [-0.25, -0.2) is 9.36 Å². The molecule has 1 heterocycles. The molecule has 3 aromatic carbocycles. The highest BCUT2D eigenvalue weighted by molar-refractivity contribution is 6.31. The lowest BCUT2D eigenvalue weighted by atomic mass is 10.0. The van der Waals surface area contributed by atoms with Crippen LogP contribution in [-0.4, -0.2) is 10.5 Å². The van der Waals surface area contributed by atoms with Crippen LogP contribution in [0, 0.1) is 0 Å². The molecular formula is C18H10ClNO3. The van der Waals surface area contributed by atoms with Gasteiger partial charge in [0, 0.05) is 16.7 Å². The van der Waals surface area contributed by atoms with Crippen LogP contribution >= 0.6 is 11.6 Å². The van der Waals surface area contributed by atoms with Crippen molar-refractivity contribution in [1.82, 2.24) is 4.57 Å². The van der Waals surface area contributed by atoms with Crippen LogP contribution in [0.2, 0.25) is 5.02 Å². The van der Waals surface area contributed by atoms with Gasteiger partial charge in [0.05, 0.1) is 5.52 Å². The minimum atomic E-state index is -0.722. The van der Waals surface area contributed by atoms with Gasteiger partial charge in [0.1, 0.15) is 0 Å². The Kier molecular flexibility index (Phi) is 3.06. The van der Waals surface area contributed by atoms with E-state index >= 15 is 0 Å². The molecule has 4 nitrogen and oxygen atoms in total. The van der Waals surface area contributed by atoms with E-state index < -0.39 is 11.7 Å². The largest absolute Gasteiger partial charge is 0.427 e. The molecule has 0 atom stereocenters. The Labute approximate surface area is 135 Å². The third kappa shape index (κ3) is 2.15. The molecule has 0 N–H and O–H groups in total. The summed E-state index contributed by atoms with van der Waals surface area (Å²) in [6.07, 6.45) is 0. The molecule has 0 radical (unpaired) electrons. The summed E-state index contributed by atoms with van der Waals surface area (Å²) in [7, 11) is 0. The van der Waals surface area contributed by atoms with E-state index in [9.17, 15) is 9.59 Å². The first-order valence-corrected chi connectivity index (χ1v) is 7.36. The summed E-state index contributed by atoms with van der Waals surface area (Å²) in [6, 6.07) is 17.7. The zero-order valence-electron chi connectivity index (χ0n) is 11.8. The predicted octanol–water partition coefficient (Wildman–Crippen LogP) is 4.09. The van der Waals surface area contributed by atoms with Gasteiger partial charge in [-0.15, -0.1) is 0 Å². The molecule has 0 saturated carbocycles. The molecule has 0 bridgehead atoms. The summed E-state index contributed by atoms with van der Waals surface area (Å²) in [6.45, 7) is 0. The zero-order chi connectivity index (χ0) is 16.0. The van der Waals surface area contributed by atoms with Crippen LogP contribution in [0.25, 0.3) is 21.9 Å². The molecule has 4 rings (SSSR count). The topological polar surface area (TPSA) is 52.2 Å². The summed E-state index contributed by atoms with van der Waals surface area (Å²) in [5.41, 5.74) is 1.14. The van der Waals surface area contributed by atoms with Crippen molar-refractivity contribution < 1.29 is 9.21 Å². The van der Waals surface area contributed by atoms with Gasteiger partial charge < -0.3 is 4.42 Å². The molecule has 0 amide bonds. The molecule has 0 aliphatic carbocycles. The van der Waals surface area contributed by atoms with Gasteiger partial charge in [-0.2, -0.15) is 0 Å². The molecule has 4 aromatic rings. The number of benzene rings is 3. The highest BCUT2D eigenvalue weighted by atomic mass is 35.5. The Bertz CT molecular complexity index is 1120. The molecule has 0 saturated heterocycles. The van der Waals surface area contributed by atoms with Crippen molar-refractivity contribution in [3.63, 3.8) is 0 Å². The van der Waals surface area contributed by atoms with E-state index in [4.69, 9.17) is 16.0 Å². The summed E-state index contributed by atoms with van der Waals surface area (Å²) < 4.78 is 6.17. The fourth-order valence-electron chi connectivity index (χ4n) is 2.72. The molecule has 23 heavy (non-hydrogen) atoms. The van der Waals surface area contributed by atoms with E-state index in [0.717, 1.165) is 15.3 Å². The van der Waals surface area contributed by atoms with Crippen molar-refractivity contribution in [1.29, 1.82) is 0 Å². The number of fused-ring (bicyclic) bond motifs is 2. The van der Waals surface area contributed by atoms with E-state index in [0.29, 0.717) is 16.1 Å². The molecule has 0 aliphatic heterocycles. The lowest BCUT2D eigenvalue weighted by Crippen LogP contribution is -2.23. The van der Waals surface area contributed by atoms with Crippen molar-refractivity contribution in [2.24, 2.45) is 0 Å². The Morgan fingerprint density at radius 2 is 1.78 bits per heavy atom. The number of carbonyl (C=O) groups is 1. The number of hydrogen-bond donors (Lipinski definition) is 0. The Morgan fingerprint density at radius 1 is 1.00 bits per heavy atom. The van der Waals surface area contributed by atoms with Crippen LogP contribution < -0.4 is 5.76 Å². The van der Waals surface area contributed by atoms with E-state index in [2.05, 4.69) is 0 Å². The normalized spacial score (nSPS) is 11.2. The summed E-state index contributed by atoms with van der Waals surface area (Å²) in [4.78, 5) is 25.0. The summed E-state index contributed by atoms with van der Waals surface area (Å²) >= 11 is 5.90. The molecule has 0 fully saturated rings. The first-order chi connectivity index (χ1) is 11.1. The number of aromatic nitrogens is 1. The lowest BCUT2D eigenvalue weighted by Gasteiger charge is -2.06. The quantitative estimate of drug-likeness (QED) is 0.530. The first kappa shape index (κ1) is 13.8. The number of hydrogen-bond acceptors (Lipinski definition) is 3. The van der Waals surface area contributed by atoms with E-state index in [1.54, 1.807) is 24.3 Å². The second kappa shape index (κ2) is 5.11. The van der Waals surface area contributed by atoms with Crippen LogP contribution in [-0.2, 0) is 0 Å². The predicted molar refractivity (Wildman–Crippen MR) is 89.2 cm³/mol. The van der Waals surface area contributed by atoms with E-state index in [1.807, 2.05) is 30.3 Å². The lowest BCUT2D eigenvalue weighted by molar-refractivity contribution is 0.0958. The van der Waals surface area contributed by atoms with Crippen LogP contribution in [0.1, 0.15) is 10.4 Å². The number of halogens is 1. The summed E-state index contributed by atoms with van der Waals surface area (Å²) in [5.74, 6) is -1.15. The maximum absolute atomic E-state index is 12.9. The maximum atomic E-state index is 12.9. The monoisotopic (exact) mass is 323 g/mol. The maximum Gasteiger partial charge on any atom is 0.427 e. The van der Waals surface area contributed by atoms with Gasteiger partial charge in [0.25, 0.3) is 5.91 Å². The first-order valence-electron chi connectivity index (χ1n) is 6.99. The van der Waals surface area contributed by atoms with Gasteiger partial charge >= 0.3 is 5.76 Å². The van der Waals surface area contributed by atoms with E-state index in [1.165, 1.54) is 6.07 Å². The number of carbonyl (C=O) groups excluding carboxylic acids is 1. The molecule has 112 valence electrons. The van der Waals surface area contributed by atoms with E-state index in [-0.39, 0.29) is 5.58 Å². The van der Waals surface area contributed by atoms with Crippen molar-refractivity contribution in [3.8, 4) is 0 Å². The molecular weight excluding hydrogens is 314 g/mol. The Hall–Kier alpha value is -2.85. The van der Waals surface area contributed by atoms with Crippen molar-refractivity contribution >= 4 is 39.4 Å². The summed E-state index contributed by atoms with van der Waals surface area (Å²) in [5, 5.41) is 2.16. The molecule has 0 spiro atoms. The van der Waals surface area contributed by atoms with Crippen molar-refractivity contribution in [2.45, 2.75) is 0 Å². The molecule has 5 heteroatoms. The second-order valence-corrected chi connectivity index (χ2v) is 5.58. The Morgan fingerprint density at radius 3 is 2.65 bits per heavy atom. The molecule has 1 aromatic heterocycles. The minimum Gasteiger partial charge on any atom is -0.407 e. The van der Waals surface area contributed by atoms with Crippen LogP contribution in [0.3, 0.4) is 0 Å². The van der Waals surface area contributed by atoms with Crippen molar-refractivity contribution in [3.05, 3.63) is 81.8 Å². The van der Waals surface area contributed by atoms with Crippen LogP contribution in [0.4, 0.5) is 0 Å².